The van der Waals surface area contributed by atoms with E-state index in [2.05, 4.69) is 21.7 Å². The van der Waals surface area contributed by atoms with Gasteiger partial charge in [-0.15, -0.1) is 0 Å². The molecule has 0 fully saturated rings. The number of nitrogens with two attached hydrogens (primary N) is 2. The number of hydrogen-bond donors (Lipinski definition) is 4. The van der Waals surface area contributed by atoms with Crippen molar-refractivity contribution in [1.82, 2.24) is 4.98 Å². The van der Waals surface area contributed by atoms with Gasteiger partial charge in [0.05, 0.1) is 11.4 Å². The number of fused-ring (bicyclic) bond motifs is 2. The predicted octanol–water partition coefficient (Wildman–Crippen LogP) is 2.52. The molecule has 0 spiro atoms. The Labute approximate surface area is 123 Å². The van der Waals surface area contributed by atoms with Gasteiger partial charge in [-0.3, -0.25) is 0 Å². The highest BCUT2D eigenvalue weighted by Gasteiger charge is 2.13. The molecule has 0 atom stereocenters. The van der Waals surface area contributed by atoms with E-state index in [9.17, 15) is 0 Å². The molecule has 5 nitrogen and oxygen atoms in total. The number of hydrogen-bond acceptors (Lipinski definition) is 5. The molecule has 3 rings (SSSR count). The van der Waals surface area contributed by atoms with Crippen LogP contribution in [0.15, 0.2) is 55.0 Å². The molecular formula is C16H17N5. The van der Waals surface area contributed by atoms with Crippen LogP contribution in [0.4, 0.5) is 17.2 Å². The van der Waals surface area contributed by atoms with Crippen molar-refractivity contribution < 1.29 is 0 Å². The van der Waals surface area contributed by atoms with Crippen molar-refractivity contribution >= 4 is 22.8 Å². The maximum atomic E-state index is 5.65. The van der Waals surface area contributed by atoms with E-state index in [1.807, 2.05) is 24.3 Å². The van der Waals surface area contributed by atoms with Crippen molar-refractivity contribution in [1.29, 1.82) is 0 Å². The van der Waals surface area contributed by atoms with Gasteiger partial charge in [0, 0.05) is 24.5 Å². The number of benzene rings is 1. The van der Waals surface area contributed by atoms with Crippen LogP contribution in [0, 0.1) is 0 Å². The summed E-state index contributed by atoms with van der Waals surface area (Å²) in [5.74, 6) is 0.882. The lowest BCUT2D eigenvalue weighted by atomic mass is 10.1. The molecule has 21 heavy (non-hydrogen) atoms. The summed E-state index contributed by atoms with van der Waals surface area (Å²) in [6.45, 7) is 0.723. The Morgan fingerprint density at radius 1 is 1.19 bits per heavy atom. The second-order valence-electron chi connectivity index (χ2n) is 4.73. The normalized spacial score (nSPS) is 13.8. The first-order valence-corrected chi connectivity index (χ1v) is 6.71. The zero-order valence-electron chi connectivity index (χ0n) is 11.5. The first-order chi connectivity index (χ1) is 10.3. The minimum Gasteiger partial charge on any atom is -0.405 e. The quantitative estimate of drug-likeness (QED) is 0.634. The van der Waals surface area contributed by atoms with Crippen LogP contribution in [0.2, 0.25) is 0 Å². The topological polar surface area (TPSA) is 89.0 Å². The summed E-state index contributed by atoms with van der Waals surface area (Å²) in [5, 5.41) is 6.77. The molecule has 0 bridgehead atoms. The lowest BCUT2D eigenvalue weighted by Gasteiger charge is -2.11. The minimum atomic E-state index is 0.723. The van der Waals surface area contributed by atoms with Crippen LogP contribution in [-0.4, -0.2) is 4.98 Å². The largest absolute Gasteiger partial charge is 0.405 e. The highest BCUT2D eigenvalue weighted by atomic mass is 15.0. The van der Waals surface area contributed by atoms with Crippen molar-refractivity contribution in [3.8, 4) is 0 Å². The zero-order chi connectivity index (χ0) is 14.7. The molecule has 0 amide bonds. The van der Waals surface area contributed by atoms with Crippen LogP contribution < -0.4 is 22.1 Å². The molecular weight excluding hydrogens is 262 g/mol. The molecule has 1 aromatic heterocycles. The van der Waals surface area contributed by atoms with Crippen LogP contribution in [0.25, 0.3) is 5.57 Å². The number of anilines is 3. The number of allylic oxidation sites excluding steroid dienone is 2. The van der Waals surface area contributed by atoms with Crippen molar-refractivity contribution in [2.45, 2.75) is 6.54 Å². The third-order valence-electron chi connectivity index (χ3n) is 3.42. The number of aromatic nitrogens is 1. The third kappa shape index (κ3) is 2.53. The van der Waals surface area contributed by atoms with E-state index < -0.39 is 0 Å². The van der Waals surface area contributed by atoms with E-state index in [1.54, 1.807) is 18.5 Å². The van der Waals surface area contributed by atoms with Gasteiger partial charge in [-0.1, -0.05) is 12.1 Å². The Kier molecular flexibility index (Phi) is 3.47. The first kappa shape index (κ1) is 13.1. The van der Waals surface area contributed by atoms with E-state index >= 15 is 0 Å². The maximum absolute atomic E-state index is 5.65. The number of nitrogens with zero attached hydrogens (tertiary/aromatic N) is 1. The Bertz CT molecular complexity index is 718. The summed E-state index contributed by atoms with van der Waals surface area (Å²) in [6.07, 6.45) is 6.59. The molecule has 106 valence electrons. The highest BCUT2D eigenvalue weighted by Crippen LogP contribution is 2.33. The Balaban J connectivity index is 1.98. The molecule has 6 N–H and O–H groups in total. The van der Waals surface area contributed by atoms with Gasteiger partial charge in [-0.2, -0.15) is 0 Å². The number of rotatable bonds is 2. The molecule has 1 aromatic carbocycles. The van der Waals surface area contributed by atoms with E-state index in [1.165, 1.54) is 6.20 Å². The van der Waals surface area contributed by atoms with Gasteiger partial charge in [0.25, 0.3) is 0 Å². The fourth-order valence-corrected chi connectivity index (χ4v) is 2.34. The number of pyridine rings is 1. The van der Waals surface area contributed by atoms with Crippen LogP contribution in [0.3, 0.4) is 0 Å². The molecule has 0 saturated carbocycles. The maximum Gasteiger partial charge on any atom is 0.135 e. The smallest absolute Gasteiger partial charge is 0.135 e. The zero-order valence-corrected chi connectivity index (χ0v) is 11.5. The average molecular weight is 279 g/mol. The Hall–Kier alpha value is -2.95. The summed E-state index contributed by atoms with van der Waals surface area (Å²) in [4.78, 5) is 4.37. The van der Waals surface area contributed by atoms with Crippen LogP contribution in [0.5, 0.6) is 0 Å². The third-order valence-corrected chi connectivity index (χ3v) is 3.42. The SMILES string of the molecule is N/C=C\C(=C/N)c1ccc2c(c1)NCc1cccnc1N2. The predicted molar refractivity (Wildman–Crippen MR) is 86.8 cm³/mol. The van der Waals surface area contributed by atoms with Gasteiger partial charge in [-0.05, 0) is 41.6 Å². The van der Waals surface area contributed by atoms with Crippen molar-refractivity contribution in [2.24, 2.45) is 11.5 Å². The number of nitrogens with one attached hydrogen (secondary N) is 2. The Morgan fingerprint density at radius 3 is 2.90 bits per heavy atom. The fourth-order valence-electron chi connectivity index (χ4n) is 2.34. The standard InChI is InChI=1S/C16H17N5/c17-6-5-12(9-18)11-3-4-14-15(8-11)20-10-13-2-1-7-19-16(13)21-14/h1-9,20H,10,17-18H2,(H,19,21)/b6-5-,12-9+. The summed E-state index contributed by atoms with van der Waals surface area (Å²) < 4.78 is 0. The summed E-state index contributed by atoms with van der Waals surface area (Å²) in [7, 11) is 0. The van der Waals surface area contributed by atoms with E-state index in [-0.39, 0.29) is 0 Å². The molecule has 2 aromatic rings. The van der Waals surface area contributed by atoms with Crippen LogP contribution >= 0.6 is 0 Å². The van der Waals surface area contributed by atoms with E-state index in [0.717, 1.165) is 40.4 Å². The van der Waals surface area contributed by atoms with E-state index in [0.29, 0.717) is 0 Å². The van der Waals surface area contributed by atoms with Crippen molar-refractivity contribution in [3.63, 3.8) is 0 Å². The molecule has 0 aliphatic carbocycles. The summed E-state index contributed by atoms with van der Waals surface area (Å²) in [6, 6.07) is 10.0. The summed E-state index contributed by atoms with van der Waals surface area (Å²) in [5.41, 5.74) is 16.1. The van der Waals surface area contributed by atoms with Gasteiger partial charge in [0.1, 0.15) is 5.82 Å². The molecule has 0 unspecified atom stereocenters. The van der Waals surface area contributed by atoms with Crippen LogP contribution in [0.1, 0.15) is 11.1 Å². The second kappa shape index (κ2) is 5.58. The fraction of sp³-hybridized carbons (Fsp3) is 0.0625. The lowest BCUT2D eigenvalue weighted by Crippen LogP contribution is -1.98. The van der Waals surface area contributed by atoms with Gasteiger partial charge >= 0.3 is 0 Å². The molecule has 0 radical (unpaired) electrons. The average Bonchev–Trinajstić information content (AvgIpc) is 2.71. The van der Waals surface area contributed by atoms with Gasteiger partial charge in [0.2, 0.25) is 0 Å². The molecule has 2 heterocycles. The highest BCUT2D eigenvalue weighted by molar-refractivity contribution is 5.83. The second-order valence-corrected chi connectivity index (χ2v) is 4.73. The molecule has 5 heteroatoms. The Morgan fingerprint density at radius 2 is 2.10 bits per heavy atom. The van der Waals surface area contributed by atoms with Gasteiger partial charge in [0.15, 0.2) is 0 Å². The van der Waals surface area contributed by atoms with Crippen molar-refractivity contribution in [2.75, 3.05) is 10.6 Å². The summed E-state index contributed by atoms with van der Waals surface area (Å²) >= 11 is 0. The van der Waals surface area contributed by atoms with Crippen molar-refractivity contribution in [3.05, 3.63) is 66.1 Å². The van der Waals surface area contributed by atoms with Crippen LogP contribution in [-0.2, 0) is 6.54 Å². The molecule has 1 aliphatic heterocycles. The molecule has 1 aliphatic rings. The minimum absolute atomic E-state index is 0.723. The molecule has 0 saturated heterocycles. The first-order valence-electron chi connectivity index (χ1n) is 6.71. The monoisotopic (exact) mass is 279 g/mol. The van der Waals surface area contributed by atoms with Gasteiger partial charge in [-0.25, -0.2) is 4.98 Å². The van der Waals surface area contributed by atoms with Gasteiger partial charge < -0.3 is 22.1 Å². The lowest BCUT2D eigenvalue weighted by molar-refractivity contribution is 1.14. The van der Waals surface area contributed by atoms with E-state index in [4.69, 9.17) is 11.5 Å².